The highest BCUT2D eigenvalue weighted by molar-refractivity contribution is 6.06. The highest BCUT2D eigenvalue weighted by Gasteiger charge is 2.18. The molecule has 0 radical (unpaired) electrons. The van der Waals surface area contributed by atoms with Gasteiger partial charge in [0.15, 0.2) is 11.5 Å². The summed E-state index contributed by atoms with van der Waals surface area (Å²) < 4.78 is 15.8. The summed E-state index contributed by atoms with van der Waals surface area (Å²) in [5.41, 5.74) is 0.943. The van der Waals surface area contributed by atoms with Gasteiger partial charge in [-0.3, -0.25) is 9.59 Å². The van der Waals surface area contributed by atoms with Crippen molar-refractivity contribution in [1.82, 2.24) is 10.6 Å². The second-order valence-corrected chi connectivity index (χ2v) is 5.80. The molecule has 2 aromatic rings. The third kappa shape index (κ3) is 4.41. The van der Waals surface area contributed by atoms with Crippen molar-refractivity contribution in [2.45, 2.75) is 0 Å². The van der Waals surface area contributed by atoms with Crippen LogP contribution >= 0.6 is 0 Å². The van der Waals surface area contributed by atoms with Gasteiger partial charge < -0.3 is 30.0 Å². The van der Waals surface area contributed by atoms with Gasteiger partial charge in [0, 0.05) is 6.54 Å². The lowest BCUT2D eigenvalue weighted by Gasteiger charge is -2.12. The van der Waals surface area contributed by atoms with Crippen molar-refractivity contribution < 1.29 is 28.9 Å². The first-order chi connectivity index (χ1) is 13.6. The number of fused-ring (bicyclic) bond motifs is 1. The molecule has 0 fully saturated rings. The Labute approximate surface area is 161 Å². The molecule has 8 nitrogen and oxygen atoms in total. The van der Waals surface area contributed by atoms with Crippen molar-refractivity contribution in [3.8, 4) is 17.2 Å². The van der Waals surface area contributed by atoms with Crippen molar-refractivity contribution in [1.29, 1.82) is 0 Å². The summed E-state index contributed by atoms with van der Waals surface area (Å²) in [6.45, 7) is -0.0256. The molecule has 0 bridgehead atoms. The molecular weight excluding hydrogens is 364 g/mol. The van der Waals surface area contributed by atoms with E-state index in [9.17, 15) is 9.59 Å². The SMILES string of the molecule is COc1ccccc1C(=O)N/C(=C\c1ccc2c(c1)OCO2)C(=O)NCCO. The van der Waals surface area contributed by atoms with E-state index in [0.29, 0.717) is 22.8 Å². The van der Waals surface area contributed by atoms with Crippen LogP contribution in [0.3, 0.4) is 0 Å². The zero-order valence-electron chi connectivity index (χ0n) is 15.2. The van der Waals surface area contributed by atoms with Gasteiger partial charge in [-0.2, -0.15) is 0 Å². The summed E-state index contributed by atoms with van der Waals surface area (Å²) in [5.74, 6) is 0.526. The van der Waals surface area contributed by atoms with Crippen LogP contribution in [-0.2, 0) is 4.79 Å². The fraction of sp³-hybridized carbons (Fsp3) is 0.200. The normalized spacial score (nSPS) is 12.4. The molecule has 8 heteroatoms. The van der Waals surface area contributed by atoms with Gasteiger partial charge in [0.25, 0.3) is 11.8 Å². The van der Waals surface area contributed by atoms with Crippen molar-refractivity contribution in [3.05, 3.63) is 59.3 Å². The van der Waals surface area contributed by atoms with Gasteiger partial charge in [0.2, 0.25) is 6.79 Å². The number of amides is 2. The van der Waals surface area contributed by atoms with Crippen LogP contribution < -0.4 is 24.8 Å². The third-order valence-corrected chi connectivity index (χ3v) is 3.95. The van der Waals surface area contributed by atoms with Gasteiger partial charge in [0.05, 0.1) is 19.3 Å². The lowest BCUT2D eigenvalue weighted by molar-refractivity contribution is -0.117. The van der Waals surface area contributed by atoms with Crippen LogP contribution in [0.25, 0.3) is 6.08 Å². The summed E-state index contributed by atoms with van der Waals surface area (Å²) in [5, 5.41) is 14.1. The van der Waals surface area contributed by atoms with E-state index in [1.807, 2.05) is 0 Å². The van der Waals surface area contributed by atoms with Gasteiger partial charge in [-0.15, -0.1) is 0 Å². The average molecular weight is 384 g/mol. The molecule has 1 aliphatic rings. The molecule has 1 heterocycles. The maximum absolute atomic E-state index is 12.7. The minimum absolute atomic E-state index is 0.0169. The number of benzene rings is 2. The summed E-state index contributed by atoms with van der Waals surface area (Å²) in [4.78, 5) is 25.2. The number of rotatable bonds is 7. The van der Waals surface area contributed by atoms with Crippen LogP contribution in [0.1, 0.15) is 15.9 Å². The first kappa shape index (κ1) is 19.2. The Bertz CT molecular complexity index is 909. The molecular formula is C20H20N2O6. The smallest absolute Gasteiger partial charge is 0.267 e. The van der Waals surface area contributed by atoms with Gasteiger partial charge in [0.1, 0.15) is 11.4 Å². The largest absolute Gasteiger partial charge is 0.496 e. The van der Waals surface area contributed by atoms with Crippen LogP contribution in [0.15, 0.2) is 48.2 Å². The van der Waals surface area contributed by atoms with E-state index in [-0.39, 0.29) is 31.2 Å². The number of aliphatic hydroxyl groups is 1. The average Bonchev–Trinajstić information content (AvgIpc) is 3.19. The van der Waals surface area contributed by atoms with E-state index in [4.69, 9.17) is 19.3 Å². The van der Waals surface area contributed by atoms with E-state index in [0.717, 1.165) is 0 Å². The molecule has 0 atom stereocenters. The maximum atomic E-state index is 12.7. The van der Waals surface area contributed by atoms with E-state index in [2.05, 4.69) is 10.6 Å². The number of hydrogen-bond donors (Lipinski definition) is 3. The quantitative estimate of drug-likeness (QED) is 0.622. The molecule has 3 rings (SSSR count). The van der Waals surface area contributed by atoms with Crippen molar-refractivity contribution in [2.75, 3.05) is 27.1 Å². The molecule has 2 amide bonds. The molecule has 0 aromatic heterocycles. The Morgan fingerprint density at radius 1 is 1.18 bits per heavy atom. The molecule has 0 saturated carbocycles. The molecule has 3 N–H and O–H groups in total. The van der Waals surface area contributed by atoms with E-state index >= 15 is 0 Å². The first-order valence-electron chi connectivity index (χ1n) is 8.57. The molecule has 0 spiro atoms. The zero-order chi connectivity index (χ0) is 19.9. The highest BCUT2D eigenvalue weighted by Crippen LogP contribution is 2.33. The van der Waals surface area contributed by atoms with Crippen LogP contribution in [-0.4, -0.2) is 44.0 Å². The molecule has 0 saturated heterocycles. The lowest BCUT2D eigenvalue weighted by atomic mass is 10.1. The Morgan fingerprint density at radius 2 is 1.96 bits per heavy atom. The van der Waals surface area contributed by atoms with Crippen molar-refractivity contribution in [3.63, 3.8) is 0 Å². The fourth-order valence-corrected chi connectivity index (χ4v) is 2.61. The number of ether oxygens (including phenoxy) is 3. The van der Waals surface area contributed by atoms with E-state index in [1.165, 1.54) is 13.2 Å². The summed E-state index contributed by atoms with van der Waals surface area (Å²) in [6, 6.07) is 11.9. The van der Waals surface area contributed by atoms with Crippen LogP contribution in [0.4, 0.5) is 0 Å². The Balaban J connectivity index is 1.88. The molecule has 0 unspecified atom stereocenters. The monoisotopic (exact) mass is 384 g/mol. The maximum Gasteiger partial charge on any atom is 0.267 e. The van der Waals surface area contributed by atoms with E-state index < -0.39 is 11.8 Å². The number of hydrogen-bond acceptors (Lipinski definition) is 6. The van der Waals surface area contributed by atoms with Crippen molar-refractivity contribution >= 4 is 17.9 Å². The third-order valence-electron chi connectivity index (χ3n) is 3.95. The predicted octanol–water partition coefficient (Wildman–Crippen LogP) is 1.30. The van der Waals surface area contributed by atoms with Gasteiger partial charge >= 0.3 is 0 Å². The number of methoxy groups -OCH3 is 1. The van der Waals surface area contributed by atoms with Crippen molar-refractivity contribution in [2.24, 2.45) is 0 Å². The minimum Gasteiger partial charge on any atom is -0.496 e. The van der Waals surface area contributed by atoms with Gasteiger partial charge in [-0.25, -0.2) is 0 Å². The Kier molecular flexibility index (Phi) is 6.13. The summed E-state index contributed by atoms with van der Waals surface area (Å²) in [6.07, 6.45) is 1.52. The number of carbonyl (C=O) groups is 2. The van der Waals surface area contributed by atoms with Crippen LogP contribution in [0.5, 0.6) is 17.2 Å². The summed E-state index contributed by atoms with van der Waals surface area (Å²) >= 11 is 0. The molecule has 146 valence electrons. The molecule has 28 heavy (non-hydrogen) atoms. The number of aliphatic hydroxyl groups excluding tert-OH is 1. The molecule has 1 aliphatic heterocycles. The van der Waals surface area contributed by atoms with E-state index in [1.54, 1.807) is 42.5 Å². The molecule has 0 aliphatic carbocycles. The topological polar surface area (TPSA) is 106 Å². The van der Waals surface area contributed by atoms with Gasteiger partial charge in [-0.05, 0) is 35.9 Å². The van der Waals surface area contributed by atoms with Gasteiger partial charge in [-0.1, -0.05) is 18.2 Å². The molecule has 2 aromatic carbocycles. The lowest BCUT2D eigenvalue weighted by Crippen LogP contribution is -2.36. The first-order valence-corrected chi connectivity index (χ1v) is 8.57. The fourth-order valence-electron chi connectivity index (χ4n) is 2.61. The van der Waals surface area contributed by atoms with Crippen LogP contribution in [0.2, 0.25) is 0 Å². The van der Waals surface area contributed by atoms with Crippen LogP contribution in [0, 0.1) is 0 Å². The standard InChI is InChI=1S/C20H20N2O6/c1-26-16-5-3-2-4-14(16)19(24)22-15(20(25)21-8-9-23)10-13-6-7-17-18(11-13)28-12-27-17/h2-7,10-11,23H,8-9,12H2,1H3,(H,21,25)(H,22,24)/b15-10-. The Hall–Kier alpha value is -3.52. The minimum atomic E-state index is -0.532. The second kappa shape index (κ2) is 8.92. The second-order valence-electron chi connectivity index (χ2n) is 5.80. The number of nitrogens with one attached hydrogen (secondary N) is 2. The summed E-state index contributed by atoms with van der Waals surface area (Å²) in [7, 11) is 1.46. The predicted molar refractivity (Wildman–Crippen MR) is 101 cm³/mol. The Morgan fingerprint density at radius 3 is 2.75 bits per heavy atom. The zero-order valence-corrected chi connectivity index (χ0v) is 15.2. The highest BCUT2D eigenvalue weighted by atomic mass is 16.7. The number of para-hydroxylation sites is 1. The number of carbonyl (C=O) groups excluding carboxylic acids is 2.